The zero-order valence-corrected chi connectivity index (χ0v) is 13.2. The Morgan fingerprint density at radius 2 is 1.65 bits per heavy atom. The number of benzene rings is 1. The lowest BCUT2D eigenvalue weighted by Gasteiger charge is -2.30. The molecule has 0 aromatic heterocycles. The number of esters is 1. The lowest BCUT2D eigenvalue weighted by atomic mass is 9.86. The number of rotatable bonds is 5. The number of alkyl halides is 3. The Kier molecular flexibility index (Phi) is 5.63. The fourth-order valence-electron chi connectivity index (χ4n) is 1.53. The monoisotopic (exact) mass is 333 g/mol. The van der Waals surface area contributed by atoms with E-state index in [4.69, 9.17) is 4.74 Å². The van der Waals surface area contributed by atoms with Crippen LogP contribution in [0.4, 0.5) is 18.9 Å². The van der Waals surface area contributed by atoms with Crippen LogP contribution in [0.3, 0.4) is 0 Å². The minimum Gasteiger partial charge on any atom is -0.497 e. The molecule has 1 aromatic rings. The van der Waals surface area contributed by atoms with E-state index in [1.54, 1.807) is 24.3 Å². The van der Waals surface area contributed by atoms with Crippen LogP contribution in [0.15, 0.2) is 24.3 Å². The lowest BCUT2D eigenvalue weighted by molar-refractivity contribution is -0.208. The summed E-state index contributed by atoms with van der Waals surface area (Å²) in [5.74, 6) is -2.31. The van der Waals surface area contributed by atoms with Crippen molar-refractivity contribution in [3.05, 3.63) is 24.3 Å². The minimum absolute atomic E-state index is 0.443. The van der Waals surface area contributed by atoms with Crippen LogP contribution in [0.2, 0.25) is 0 Å². The van der Waals surface area contributed by atoms with Crippen molar-refractivity contribution in [2.24, 2.45) is 5.41 Å². The Hall–Kier alpha value is -2.25. The molecule has 0 heterocycles. The zero-order valence-electron chi connectivity index (χ0n) is 13.2. The van der Waals surface area contributed by atoms with Gasteiger partial charge in [0.25, 0.3) is 0 Å². The summed E-state index contributed by atoms with van der Waals surface area (Å²) in [7, 11) is 1.49. The predicted molar refractivity (Wildman–Crippen MR) is 77.0 cm³/mol. The second-order valence-electron chi connectivity index (χ2n) is 5.45. The highest BCUT2D eigenvalue weighted by atomic mass is 19.4. The molecule has 0 aliphatic heterocycles. The number of amides is 1. The van der Waals surface area contributed by atoms with Crippen molar-refractivity contribution in [2.45, 2.75) is 33.1 Å². The van der Waals surface area contributed by atoms with Crippen molar-refractivity contribution >= 4 is 17.6 Å². The third-order valence-electron chi connectivity index (χ3n) is 3.46. The molecule has 0 saturated heterocycles. The van der Waals surface area contributed by atoms with Crippen LogP contribution in [0, 0.1) is 5.41 Å². The summed E-state index contributed by atoms with van der Waals surface area (Å²) in [6.07, 6.45) is -6.37. The molecule has 5 nitrogen and oxygen atoms in total. The van der Waals surface area contributed by atoms with Crippen LogP contribution in [0.5, 0.6) is 5.75 Å². The zero-order chi connectivity index (χ0) is 17.8. The van der Waals surface area contributed by atoms with Gasteiger partial charge in [0, 0.05) is 5.69 Å². The summed E-state index contributed by atoms with van der Waals surface area (Å²) in [4.78, 5) is 23.1. The number of ether oxygens (including phenoxy) is 2. The van der Waals surface area contributed by atoms with Crippen LogP contribution >= 0.6 is 0 Å². The van der Waals surface area contributed by atoms with E-state index in [1.807, 2.05) is 0 Å². The number of carbonyl (C=O) groups is 2. The number of halogens is 3. The first-order chi connectivity index (χ1) is 10.5. The van der Waals surface area contributed by atoms with Crippen molar-refractivity contribution in [1.29, 1.82) is 0 Å². The molecule has 23 heavy (non-hydrogen) atoms. The van der Waals surface area contributed by atoms with Gasteiger partial charge < -0.3 is 14.8 Å². The Balaban J connectivity index is 2.77. The molecule has 0 saturated carbocycles. The Morgan fingerprint density at radius 3 is 2.09 bits per heavy atom. The SMILES string of the molecule is COc1ccc(NC(=O)C(C)(C)C(C)OC(=O)C(F)(F)F)cc1. The van der Waals surface area contributed by atoms with Gasteiger partial charge in [-0.1, -0.05) is 0 Å². The Morgan fingerprint density at radius 1 is 1.13 bits per heavy atom. The number of nitrogens with one attached hydrogen (secondary N) is 1. The largest absolute Gasteiger partial charge is 0.497 e. The molecule has 128 valence electrons. The smallest absolute Gasteiger partial charge is 0.490 e. The summed E-state index contributed by atoms with van der Waals surface area (Å²) in [5.41, 5.74) is -0.917. The van der Waals surface area contributed by atoms with Crippen molar-refractivity contribution in [1.82, 2.24) is 0 Å². The van der Waals surface area contributed by atoms with E-state index >= 15 is 0 Å². The van der Waals surface area contributed by atoms with E-state index < -0.39 is 29.6 Å². The van der Waals surface area contributed by atoms with Crippen molar-refractivity contribution < 1.29 is 32.2 Å². The van der Waals surface area contributed by atoms with Gasteiger partial charge in [0.2, 0.25) is 5.91 Å². The number of methoxy groups -OCH3 is 1. The molecule has 1 aromatic carbocycles. The van der Waals surface area contributed by atoms with Gasteiger partial charge in [-0.3, -0.25) is 4.79 Å². The van der Waals surface area contributed by atoms with Gasteiger partial charge in [0.15, 0.2) is 0 Å². The van der Waals surface area contributed by atoms with Crippen molar-refractivity contribution in [2.75, 3.05) is 12.4 Å². The highest BCUT2D eigenvalue weighted by Gasteiger charge is 2.45. The van der Waals surface area contributed by atoms with E-state index in [0.717, 1.165) is 0 Å². The molecule has 0 spiro atoms. The number of hydrogen-bond donors (Lipinski definition) is 1. The normalized spacial score (nSPS) is 13.2. The first kappa shape index (κ1) is 18.8. The molecule has 0 fully saturated rings. The van der Waals surface area contributed by atoms with Crippen molar-refractivity contribution in [3.8, 4) is 5.75 Å². The summed E-state index contributed by atoms with van der Waals surface area (Å²) in [6, 6.07) is 6.41. The maximum Gasteiger partial charge on any atom is 0.490 e. The third kappa shape index (κ3) is 4.87. The van der Waals surface area contributed by atoms with Crippen LogP contribution in [0.1, 0.15) is 20.8 Å². The molecule has 1 unspecified atom stereocenters. The highest BCUT2D eigenvalue weighted by molar-refractivity contribution is 5.95. The average molecular weight is 333 g/mol. The van der Waals surface area contributed by atoms with E-state index in [2.05, 4.69) is 10.1 Å². The summed E-state index contributed by atoms with van der Waals surface area (Å²) < 4.78 is 46.0. The highest BCUT2D eigenvalue weighted by Crippen LogP contribution is 2.28. The second kappa shape index (κ2) is 6.89. The maximum absolute atomic E-state index is 12.2. The van der Waals surface area contributed by atoms with Crippen LogP contribution in [-0.2, 0) is 14.3 Å². The van der Waals surface area contributed by atoms with Gasteiger partial charge in [-0.2, -0.15) is 13.2 Å². The molecule has 0 radical (unpaired) electrons. The topological polar surface area (TPSA) is 64.6 Å². The van der Waals surface area contributed by atoms with Gasteiger partial charge >= 0.3 is 12.1 Å². The maximum atomic E-state index is 12.2. The number of anilines is 1. The second-order valence-corrected chi connectivity index (χ2v) is 5.45. The number of carbonyl (C=O) groups excluding carboxylic acids is 2. The summed E-state index contributed by atoms with van der Waals surface area (Å²) in [6.45, 7) is 4.01. The molecule has 1 amide bonds. The van der Waals surface area contributed by atoms with Gasteiger partial charge in [0.05, 0.1) is 12.5 Å². The minimum atomic E-state index is -5.10. The van der Waals surface area contributed by atoms with E-state index in [9.17, 15) is 22.8 Å². The van der Waals surface area contributed by atoms with E-state index in [-0.39, 0.29) is 0 Å². The van der Waals surface area contributed by atoms with Gasteiger partial charge in [0.1, 0.15) is 11.9 Å². The molecule has 0 aliphatic rings. The quantitative estimate of drug-likeness (QED) is 0.841. The standard InChI is InChI=1S/C15H18F3NO4/c1-9(23-13(21)15(16,17)18)14(2,3)12(20)19-10-5-7-11(22-4)8-6-10/h5-9H,1-4H3,(H,19,20). The third-order valence-corrected chi connectivity index (χ3v) is 3.46. The van der Waals surface area contributed by atoms with Crippen LogP contribution < -0.4 is 10.1 Å². The fraction of sp³-hybridized carbons (Fsp3) is 0.467. The predicted octanol–water partition coefficient (Wildman–Crippen LogP) is 3.15. The molecule has 1 atom stereocenters. The molecule has 1 N–H and O–H groups in total. The Labute approximate surface area is 131 Å². The molecule has 0 aliphatic carbocycles. The van der Waals surface area contributed by atoms with Crippen LogP contribution in [0.25, 0.3) is 0 Å². The molecule has 0 bridgehead atoms. The van der Waals surface area contributed by atoms with Crippen LogP contribution in [-0.4, -0.2) is 31.3 Å². The molecular weight excluding hydrogens is 315 g/mol. The lowest BCUT2D eigenvalue weighted by Crippen LogP contribution is -2.43. The first-order valence-corrected chi connectivity index (χ1v) is 6.71. The van der Waals surface area contributed by atoms with Gasteiger partial charge in [-0.05, 0) is 45.0 Å². The van der Waals surface area contributed by atoms with Gasteiger partial charge in [-0.25, -0.2) is 4.79 Å². The summed E-state index contributed by atoms with van der Waals surface area (Å²) >= 11 is 0. The first-order valence-electron chi connectivity index (χ1n) is 6.71. The van der Waals surface area contributed by atoms with E-state index in [0.29, 0.717) is 11.4 Å². The van der Waals surface area contributed by atoms with Gasteiger partial charge in [-0.15, -0.1) is 0 Å². The molecule has 8 heteroatoms. The summed E-state index contributed by atoms with van der Waals surface area (Å²) in [5, 5.41) is 2.56. The van der Waals surface area contributed by atoms with E-state index in [1.165, 1.54) is 27.9 Å². The fourth-order valence-corrected chi connectivity index (χ4v) is 1.53. The average Bonchev–Trinajstić information content (AvgIpc) is 2.46. The number of hydrogen-bond acceptors (Lipinski definition) is 4. The molecule has 1 rings (SSSR count). The Bertz CT molecular complexity index is 567. The molecular formula is C15H18F3NO4. The van der Waals surface area contributed by atoms with Crippen molar-refractivity contribution in [3.63, 3.8) is 0 Å².